The van der Waals surface area contributed by atoms with Crippen molar-refractivity contribution in [1.82, 2.24) is 15.1 Å². The predicted octanol–water partition coefficient (Wildman–Crippen LogP) is 1.78. The van der Waals surface area contributed by atoms with E-state index in [4.69, 9.17) is 11.6 Å². The first-order valence-corrected chi connectivity index (χ1v) is 3.61. The summed E-state index contributed by atoms with van der Waals surface area (Å²) in [6.07, 6.45) is 4.43. The average molecular weight is 182 g/mol. The van der Waals surface area contributed by atoms with Crippen molar-refractivity contribution in [2.24, 2.45) is 0 Å². The second-order valence-corrected chi connectivity index (χ2v) is 2.58. The van der Waals surface area contributed by atoms with Crippen LogP contribution in [0.25, 0.3) is 11.4 Å². The monoisotopic (exact) mass is 181 g/mol. The third kappa shape index (κ3) is 1.29. The molecule has 0 atom stereocenters. The van der Waals surface area contributed by atoms with Crippen LogP contribution in [0.15, 0.2) is 29.4 Å². The van der Waals surface area contributed by atoms with Gasteiger partial charge in [-0.2, -0.15) is 4.98 Å². The molecule has 2 aromatic heterocycles. The summed E-state index contributed by atoms with van der Waals surface area (Å²) in [5, 5.41) is 4.20. The van der Waals surface area contributed by atoms with Gasteiger partial charge in [0.05, 0.1) is 5.02 Å². The fourth-order valence-corrected chi connectivity index (χ4v) is 1.01. The summed E-state index contributed by atoms with van der Waals surface area (Å²) in [5.41, 5.74) is 0.747. The maximum absolute atomic E-state index is 5.71. The van der Waals surface area contributed by atoms with Gasteiger partial charge in [0.1, 0.15) is 0 Å². The highest BCUT2D eigenvalue weighted by atomic mass is 35.5. The van der Waals surface area contributed by atoms with Crippen LogP contribution in [-0.4, -0.2) is 15.1 Å². The third-order valence-corrected chi connectivity index (χ3v) is 1.53. The third-order valence-electron chi connectivity index (χ3n) is 1.32. The van der Waals surface area contributed by atoms with E-state index in [9.17, 15) is 0 Å². The molecular formula is C7H4ClN3O. The van der Waals surface area contributed by atoms with Gasteiger partial charge in [-0.3, -0.25) is 4.98 Å². The van der Waals surface area contributed by atoms with Gasteiger partial charge >= 0.3 is 0 Å². The summed E-state index contributed by atoms with van der Waals surface area (Å²) >= 11 is 5.71. The molecule has 0 saturated carbocycles. The Morgan fingerprint density at radius 2 is 2.25 bits per heavy atom. The molecule has 60 valence electrons. The Morgan fingerprint density at radius 3 is 2.92 bits per heavy atom. The van der Waals surface area contributed by atoms with Crippen LogP contribution in [0.1, 0.15) is 0 Å². The molecule has 4 nitrogen and oxygen atoms in total. The molecule has 0 unspecified atom stereocenters. The number of hydrogen-bond donors (Lipinski definition) is 0. The molecule has 0 spiro atoms. The lowest BCUT2D eigenvalue weighted by Gasteiger charge is -1.92. The first-order valence-electron chi connectivity index (χ1n) is 3.23. The minimum atomic E-state index is 0.491. The lowest BCUT2D eigenvalue weighted by atomic mass is 10.3. The van der Waals surface area contributed by atoms with Crippen LogP contribution < -0.4 is 0 Å². The lowest BCUT2D eigenvalue weighted by Crippen LogP contribution is -1.81. The Morgan fingerprint density at radius 1 is 1.33 bits per heavy atom. The van der Waals surface area contributed by atoms with E-state index in [0.717, 1.165) is 5.56 Å². The van der Waals surface area contributed by atoms with Gasteiger partial charge in [-0.25, -0.2) is 0 Å². The first kappa shape index (κ1) is 7.24. The maximum Gasteiger partial charge on any atom is 0.214 e. The molecule has 0 bridgehead atoms. The molecule has 2 rings (SSSR count). The van der Waals surface area contributed by atoms with E-state index >= 15 is 0 Å². The summed E-state index contributed by atoms with van der Waals surface area (Å²) in [5.74, 6) is 0.491. The van der Waals surface area contributed by atoms with Crippen LogP contribution in [0.5, 0.6) is 0 Å². The highest BCUT2D eigenvalue weighted by Crippen LogP contribution is 2.16. The van der Waals surface area contributed by atoms with Gasteiger partial charge in [0.15, 0.2) is 0 Å². The largest absolute Gasteiger partial charge is 0.342 e. The number of pyridine rings is 1. The van der Waals surface area contributed by atoms with Gasteiger partial charge in [-0.1, -0.05) is 16.8 Å². The normalized spacial score (nSPS) is 10.1. The number of halogens is 1. The Balaban J connectivity index is 2.48. The Hall–Kier alpha value is -1.42. The molecule has 0 aromatic carbocycles. The van der Waals surface area contributed by atoms with E-state index in [1.54, 1.807) is 18.5 Å². The molecule has 0 saturated heterocycles. The molecule has 2 aromatic rings. The Kier molecular flexibility index (Phi) is 1.75. The maximum atomic E-state index is 5.71. The number of nitrogens with zero attached hydrogens (tertiary/aromatic N) is 3. The molecule has 0 fully saturated rings. The second kappa shape index (κ2) is 2.91. The van der Waals surface area contributed by atoms with Crippen LogP contribution >= 0.6 is 11.6 Å². The van der Waals surface area contributed by atoms with Crippen LogP contribution in [0, 0.1) is 0 Å². The van der Waals surface area contributed by atoms with E-state index in [1.807, 2.05) is 0 Å². The van der Waals surface area contributed by atoms with Gasteiger partial charge in [-0.05, 0) is 6.07 Å². The van der Waals surface area contributed by atoms with E-state index in [-0.39, 0.29) is 0 Å². The van der Waals surface area contributed by atoms with E-state index < -0.39 is 0 Å². The minimum Gasteiger partial charge on any atom is -0.342 e. The van der Waals surface area contributed by atoms with Crippen LogP contribution in [0.2, 0.25) is 5.02 Å². The summed E-state index contributed by atoms with van der Waals surface area (Å²) in [7, 11) is 0. The lowest BCUT2D eigenvalue weighted by molar-refractivity contribution is 0.418. The average Bonchev–Trinajstić information content (AvgIpc) is 2.56. The van der Waals surface area contributed by atoms with Crippen LogP contribution in [0.3, 0.4) is 0 Å². The molecule has 0 aliphatic heterocycles. The highest BCUT2D eigenvalue weighted by molar-refractivity contribution is 6.30. The number of rotatable bonds is 1. The van der Waals surface area contributed by atoms with E-state index in [0.29, 0.717) is 10.8 Å². The predicted molar refractivity (Wildman–Crippen MR) is 42.5 cm³/mol. The summed E-state index contributed by atoms with van der Waals surface area (Å²) in [6, 6.07) is 1.72. The van der Waals surface area contributed by atoms with Crippen LogP contribution in [-0.2, 0) is 0 Å². The van der Waals surface area contributed by atoms with E-state index in [1.165, 1.54) is 6.39 Å². The van der Waals surface area contributed by atoms with Crippen molar-refractivity contribution in [1.29, 1.82) is 0 Å². The van der Waals surface area contributed by atoms with Crippen molar-refractivity contribution in [3.05, 3.63) is 29.9 Å². The van der Waals surface area contributed by atoms with Gasteiger partial charge in [0, 0.05) is 18.0 Å². The summed E-state index contributed by atoms with van der Waals surface area (Å²) < 4.78 is 4.58. The zero-order chi connectivity index (χ0) is 8.39. The smallest absolute Gasteiger partial charge is 0.214 e. The Bertz CT molecular complexity index is 374. The molecule has 12 heavy (non-hydrogen) atoms. The molecule has 0 aliphatic carbocycles. The summed E-state index contributed by atoms with van der Waals surface area (Å²) in [6.45, 7) is 0. The quantitative estimate of drug-likeness (QED) is 0.673. The fourth-order valence-electron chi connectivity index (χ4n) is 0.832. The van der Waals surface area contributed by atoms with E-state index in [2.05, 4.69) is 19.6 Å². The Labute approximate surface area is 73.2 Å². The molecule has 0 N–H and O–H groups in total. The number of hydrogen-bond acceptors (Lipinski definition) is 4. The minimum absolute atomic E-state index is 0.491. The standard InChI is InChI=1S/C7H4ClN3O/c8-6-1-5(2-9-3-6)7-10-4-12-11-7/h1-4H. The molecular weight excluding hydrogens is 178 g/mol. The summed E-state index contributed by atoms with van der Waals surface area (Å²) in [4.78, 5) is 7.74. The number of aromatic nitrogens is 3. The SMILES string of the molecule is Clc1cncc(-c2ncon2)c1. The van der Waals surface area contributed by atoms with Gasteiger partial charge in [0.25, 0.3) is 0 Å². The zero-order valence-corrected chi connectivity index (χ0v) is 6.69. The topological polar surface area (TPSA) is 51.8 Å². The van der Waals surface area contributed by atoms with Crippen molar-refractivity contribution in [3.8, 4) is 11.4 Å². The molecule has 0 aliphatic rings. The van der Waals surface area contributed by atoms with Gasteiger partial charge in [-0.15, -0.1) is 0 Å². The van der Waals surface area contributed by atoms with Crippen molar-refractivity contribution in [3.63, 3.8) is 0 Å². The second-order valence-electron chi connectivity index (χ2n) is 2.15. The van der Waals surface area contributed by atoms with Crippen LogP contribution in [0.4, 0.5) is 0 Å². The van der Waals surface area contributed by atoms with Crippen molar-refractivity contribution in [2.75, 3.05) is 0 Å². The zero-order valence-electron chi connectivity index (χ0n) is 5.94. The molecule has 0 radical (unpaired) electrons. The molecule has 2 heterocycles. The molecule has 5 heteroatoms. The first-order chi connectivity index (χ1) is 5.86. The van der Waals surface area contributed by atoms with Gasteiger partial charge in [0.2, 0.25) is 12.2 Å². The fraction of sp³-hybridized carbons (Fsp3) is 0. The van der Waals surface area contributed by atoms with Gasteiger partial charge < -0.3 is 4.52 Å². The van der Waals surface area contributed by atoms with Crippen molar-refractivity contribution in [2.45, 2.75) is 0 Å². The van der Waals surface area contributed by atoms with Crippen molar-refractivity contribution >= 4 is 11.6 Å². The van der Waals surface area contributed by atoms with Crippen molar-refractivity contribution < 1.29 is 4.52 Å². The highest BCUT2D eigenvalue weighted by Gasteiger charge is 2.02. The molecule has 0 amide bonds.